The molecule has 0 unspecified atom stereocenters. The Morgan fingerprint density at radius 2 is 2.06 bits per heavy atom. The topological polar surface area (TPSA) is 48.0 Å². The number of hydrogen-bond donors (Lipinski definition) is 0. The smallest absolute Gasteiger partial charge is 0.314 e. The molecule has 78 valence electrons. The van der Waals surface area contributed by atoms with Crippen LogP contribution in [0.2, 0.25) is 0 Å². The van der Waals surface area contributed by atoms with Crippen molar-refractivity contribution in [3.8, 4) is 0 Å². The fourth-order valence-corrected chi connectivity index (χ4v) is 1.64. The summed E-state index contributed by atoms with van der Waals surface area (Å²) in [5, 5.41) is 4.99. The van der Waals surface area contributed by atoms with Crippen molar-refractivity contribution in [2.45, 2.75) is 0 Å². The van der Waals surface area contributed by atoms with E-state index in [2.05, 4.69) is 5.10 Å². The van der Waals surface area contributed by atoms with E-state index in [-0.39, 0.29) is 11.7 Å². The summed E-state index contributed by atoms with van der Waals surface area (Å²) in [6.07, 6.45) is 3.13. The zero-order valence-corrected chi connectivity index (χ0v) is 8.33. The standard InChI is InChI=1S/C12H8N2O2/c15-12(11-6-3-7-16-11)14-10-5-2-1-4-9(10)8-13-14/h1-8H. The van der Waals surface area contributed by atoms with Crippen LogP contribution in [0.4, 0.5) is 0 Å². The lowest BCUT2D eigenvalue weighted by molar-refractivity contribution is 0.0923. The molecular weight excluding hydrogens is 204 g/mol. The zero-order chi connectivity index (χ0) is 11.0. The van der Waals surface area contributed by atoms with Crippen molar-refractivity contribution >= 4 is 16.8 Å². The lowest BCUT2D eigenvalue weighted by Crippen LogP contribution is -2.12. The second-order valence-corrected chi connectivity index (χ2v) is 3.40. The Morgan fingerprint density at radius 1 is 1.19 bits per heavy atom. The SMILES string of the molecule is O=C(c1ccco1)n1ncc2ccccc21. The minimum atomic E-state index is -0.258. The number of benzene rings is 1. The number of carbonyl (C=O) groups is 1. The molecule has 0 spiro atoms. The molecule has 3 rings (SSSR count). The fraction of sp³-hybridized carbons (Fsp3) is 0. The van der Waals surface area contributed by atoms with E-state index in [1.807, 2.05) is 24.3 Å². The third-order valence-electron chi connectivity index (χ3n) is 2.40. The van der Waals surface area contributed by atoms with Crippen molar-refractivity contribution in [2.75, 3.05) is 0 Å². The van der Waals surface area contributed by atoms with Crippen molar-refractivity contribution < 1.29 is 9.21 Å². The highest BCUT2D eigenvalue weighted by Crippen LogP contribution is 2.14. The van der Waals surface area contributed by atoms with E-state index < -0.39 is 0 Å². The molecule has 0 saturated heterocycles. The van der Waals surface area contributed by atoms with Gasteiger partial charge in [0.1, 0.15) is 0 Å². The lowest BCUT2D eigenvalue weighted by atomic mass is 10.2. The Bertz CT molecular complexity index is 638. The molecule has 0 N–H and O–H groups in total. The molecule has 0 bridgehead atoms. The number of carbonyl (C=O) groups excluding carboxylic acids is 1. The van der Waals surface area contributed by atoms with Crippen molar-refractivity contribution in [2.24, 2.45) is 0 Å². The van der Waals surface area contributed by atoms with Gasteiger partial charge in [0.05, 0.1) is 18.0 Å². The summed E-state index contributed by atoms with van der Waals surface area (Å²) in [7, 11) is 0. The average molecular weight is 212 g/mol. The van der Waals surface area contributed by atoms with E-state index >= 15 is 0 Å². The van der Waals surface area contributed by atoms with Crippen molar-refractivity contribution in [1.82, 2.24) is 9.78 Å². The molecule has 4 nitrogen and oxygen atoms in total. The highest BCUT2D eigenvalue weighted by Gasteiger charge is 2.14. The molecular formula is C12H8N2O2. The number of para-hydroxylation sites is 1. The maximum absolute atomic E-state index is 12.0. The monoisotopic (exact) mass is 212 g/mol. The van der Waals surface area contributed by atoms with Crippen LogP contribution in [-0.2, 0) is 0 Å². The van der Waals surface area contributed by atoms with Crippen molar-refractivity contribution in [3.05, 3.63) is 54.6 Å². The summed E-state index contributed by atoms with van der Waals surface area (Å²) >= 11 is 0. The van der Waals surface area contributed by atoms with Gasteiger partial charge in [0.15, 0.2) is 5.76 Å². The van der Waals surface area contributed by atoms with Gasteiger partial charge in [0.25, 0.3) is 0 Å². The molecule has 1 aromatic carbocycles. The second-order valence-electron chi connectivity index (χ2n) is 3.40. The van der Waals surface area contributed by atoms with Crippen LogP contribution in [0.3, 0.4) is 0 Å². The van der Waals surface area contributed by atoms with E-state index in [4.69, 9.17) is 4.42 Å². The van der Waals surface area contributed by atoms with Crippen LogP contribution in [0.15, 0.2) is 53.3 Å². The van der Waals surface area contributed by atoms with Gasteiger partial charge in [-0.1, -0.05) is 18.2 Å². The summed E-state index contributed by atoms with van der Waals surface area (Å²) in [5.74, 6) is 0.0278. The Hall–Kier alpha value is -2.36. The Labute approximate surface area is 91.1 Å². The van der Waals surface area contributed by atoms with Crippen LogP contribution in [0.1, 0.15) is 10.6 Å². The first-order valence-electron chi connectivity index (χ1n) is 4.87. The van der Waals surface area contributed by atoms with E-state index in [9.17, 15) is 4.79 Å². The molecule has 16 heavy (non-hydrogen) atoms. The maximum atomic E-state index is 12.0. The molecule has 3 aromatic rings. The summed E-state index contributed by atoms with van der Waals surface area (Å²) in [6.45, 7) is 0. The van der Waals surface area contributed by atoms with E-state index in [1.54, 1.807) is 18.3 Å². The molecule has 2 heterocycles. The Morgan fingerprint density at radius 3 is 2.88 bits per heavy atom. The van der Waals surface area contributed by atoms with Gasteiger partial charge < -0.3 is 4.42 Å². The van der Waals surface area contributed by atoms with Crippen LogP contribution < -0.4 is 0 Å². The average Bonchev–Trinajstić information content (AvgIpc) is 2.98. The summed E-state index contributed by atoms with van der Waals surface area (Å²) < 4.78 is 6.40. The Kier molecular flexibility index (Phi) is 1.86. The van der Waals surface area contributed by atoms with Crippen molar-refractivity contribution in [3.63, 3.8) is 0 Å². The third kappa shape index (κ3) is 1.24. The number of aromatic nitrogens is 2. The van der Waals surface area contributed by atoms with Crippen LogP contribution in [-0.4, -0.2) is 15.7 Å². The number of rotatable bonds is 1. The van der Waals surface area contributed by atoms with Crippen LogP contribution in [0.5, 0.6) is 0 Å². The Balaban J connectivity index is 2.16. The normalized spacial score (nSPS) is 10.8. The van der Waals surface area contributed by atoms with Gasteiger partial charge in [0, 0.05) is 5.39 Å². The molecule has 0 atom stereocenters. The predicted molar refractivity (Wildman–Crippen MR) is 58.2 cm³/mol. The highest BCUT2D eigenvalue weighted by atomic mass is 16.3. The first-order valence-corrected chi connectivity index (χ1v) is 4.87. The van der Waals surface area contributed by atoms with Gasteiger partial charge >= 0.3 is 5.91 Å². The van der Waals surface area contributed by atoms with Gasteiger partial charge in [0.2, 0.25) is 0 Å². The minimum absolute atomic E-state index is 0.258. The first kappa shape index (κ1) is 8.91. The van der Waals surface area contributed by atoms with Crippen LogP contribution in [0.25, 0.3) is 10.9 Å². The van der Waals surface area contributed by atoms with E-state index in [1.165, 1.54) is 10.9 Å². The molecule has 0 saturated carbocycles. The minimum Gasteiger partial charge on any atom is -0.459 e. The van der Waals surface area contributed by atoms with Crippen LogP contribution in [0, 0.1) is 0 Å². The molecule has 0 amide bonds. The van der Waals surface area contributed by atoms with Gasteiger partial charge in [-0.05, 0) is 18.2 Å². The number of nitrogens with zero attached hydrogens (tertiary/aromatic N) is 2. The molecule has 4 heteroatoms. The third-order valence-corrected chi connectivity index (χ3v) is 2.40. The van der Waals surface area contributed by atoms with Gasteiger partial charge in [-0.25, -0.2) is 0 Å². The van der Waals surface area contributed by atoms with Gasteiger partial charge in [-0.15, -0.1) is 0 Å². The fourth-order valence-electron chi connectivity index (χ4n) is 1.64. The highest BCUT2D eigenvalue weighted by molar-refractivity contribution is 5.98. The maximum Gasteiger partial charge on any atom is 0.314 e. The van der Waals surface area contributed by atoms with Gasteiger partial charge in [-0.2, -0.15) is 9.78 Å². The summed E-state index contributed by atoms with van der Waals surface area (Å²) in [4.78, 5) is 12.0. The number of fused-ring (bicyclic) bond motifs is 1. The molecule has 0 aliphatic carbocycles. The lowest BCUT2D eigenvalue weighted by Gasteiger charge is -1.98. The predicted octanol–water partition coefficient (Wildman–Crippen LogP) is 2.32. The molecule has 2 aromatic heterocycles. The van der Waals surface area contributed by atoms with E-state index in [0.717, 1.165) is 10.9 Å². The molecule has 0 aliphatic heterocycles. The number of furan rings is 1. The summed E-state index contributed by atoms with van der Waals surface area (Å²) in [6, 6.07) is 10.8. The second kappa shape index (κ2) is 3.34. The largest absolute Gasteiger partial charge is 0.459 e. The summed E-state index contributed by atoms with van der Waals surface area (Å²) in [5.41, 5.74) is 0.781. The molecule has 0 aliphatic rings. The van der Waals surface area contributed by atoms with Gasteiger partial charge in [-0.3, -0.25) is 4.79 Å². The molecule has 0 fully saturated rings. The van der Waals surface area contributed by atoms with Crippen molar-refractivity contribution in [1.29, 1.82) is 0 Å². The van der Waals surface area contributed by atoms with Crippen LogP contribution >= 0.6 is 0 Å². The zero-order valence-electron chi connectivity index (χ0n) is 8.33. The first-order chi connectivity index (χ1) is 7.86. The quantitative estimate of drug-likeness (QED) is 0.621. The molecule has 0 radical (unpaired) electrons. The van der Waals surface area contributed by atoms with E-state index in [0.29, 0.717) is 0 Å². The number of hydrogen-bond acceptors (Lipinski definition) is 3.